The fourth-order valence-electron chi connectivity index (χ4n) is 1.92. The van der Waals surface area contributed by atoms with Gasteiger partial charge in [-0.1, -0.05) is 22.0 Å². The van der Waals surface area contributed by atoms with Gasteiger partial charge in [0.25, 0.3) is 0 Å². The number of carbonyl (C=O) groups is 1. The summed E-state index contributed by atoms with van der Waals surface area (Å²) in [5.41, 5.74) is 1.12. The number of halogens is 1. The molecule has 3 nitrogen and oxygen atoms in total. The third-order valence-corrected chi connectivity index (χ3v) is 3.49. The first-order chi connectivity index (χ1) is 7.58. The molecule has 2 atom stereocenters. The number of carboxylic acid groups (broad SMARTS) is 1. The van der Waals surface area contributed by atoms with Gasteiger partial charge in [-0.2, -0.15) is 0 Å². The summed E-state index contributed by atoms with van der Waals surface area (Å²) in [6, 6.07) is 8.03. The molecule has 86 valence electrons. The summed E-state index contributed by atoms with van der Waals surface area (Å²) in [5, 5.41) is 8.83. The Kier molecular flexibility index (Phi) is 3.19. The molecule has 0 aliphatic heterocycles. The van der Waals surface area contributed by atoms with Crippen molar-refractivity contribution in [1.29, 1.82) is 0 Å². The Bertz CT molecular complexity index is 408. The predicted molar refractivity (Wildman–Crippen MR) is 66.6 cm³/mol. The van der Waals surface area contributed by atoms with Crippen LogP contribution in [0.2, 0.25) is 0 Å². The molecule has 0 heterocycles. The van der Waals surface area contributed by atoms with Gasteiger partial charge in [0.15, 0.2) is 0 Å². The van der Waals surface area contributed by atoms with Gasteiger partial charge in [-0.15, -0.1) is 0 Å². The zero-order valence-electron chi connectivity index (χ0n) is 9.06. The average molecular weight is 284 g/mol. The number of hydrogen-bond donors (Lipinski definition) is 1. The van der Waals surface area contributed by atoms with Gasteiger partial charge in [0.2, 0.25) is 0 Å². The van der Waals surface area contributed by atoms with Crippen molar-refractivity contribution in [2.75, 3.05) is 18.5 Å². The van der Waals surface area contributed by atoms with Crippen LogP contribution in [0.15, 0.2) is 28.7 Å². The van der Waals surface area contributed by atoms with Crippen molar-refractivity contribution in [3.05, 3.63) is 28.7 Å². The summed E-state index contributed by atoms with van der Waals surface area (Å²) in [7, 11) is 2.00. The maximum absolute atomic E-state index is 10.7. The number of benzene rings is 1. The van der Waals surface area contributed by atoms with Crippen LogP contribution in [0.4, 0.5) is 5.69 Å². The lowest BCUT2D eigenvalue weighted by Gasteiger charge is -2.19. The van der Waals surface area contributed by atoms with E-state index < -0.39 is 5.97 Å². The first-order valence-corrected chi connectivity index (χ1v) is 6.06. The second kappa shape index (κ2) is 4.45. The number of hydrogen-bond acceptors (Lipinski definition) is 2. The van der Waals surface area contributed by atoms with E-state index in [1.165, 1.54) is 0 Å². The van der Waals surface area contributed by atoms with E-state index in [-0.39, 0.29) is 5.92 Å². The van der Waals surface area contributed by atoms with Gasteiger partial charge >= 0.3 is 5.97 Å². The van der Waals surface area contributed by atoms with E-state index in [1.807, 2.05) is 31.3 Å². The van der Waals surface area contributed by atoms with Gasteiger partial charge in [-0.3, -0.25) is 4.79 Å². The second-order valence-electron chi connectivity index (χ2n) is 4.30. The summed E-state index contributed by atoms with van der Waals surface area (Å²) in [5.74, 6) is -0.483. The van der Waals surface area contributed by atoms with Crippen molar-refractivity contribution in [3.8, 4) is 0 Å². The van der Waals surface area contributed by atoms with Crippen molar-refractivity contribution in [3.63, 3.8) is 0 Å². The third kappa shape index (κ3) is 2.55. The molecule has 4 heteroatoms. The summed E-state index contributed by atoms with van der Waals surface area (Å²) in [6.45, 7) is 0.813. The molecule has 1 aliphatic carbocycles. The van der Waals surface area contributed by atoms with E-state index in [0.29, 0.717) is 5.92 Å². The van der Waals surface area contributed by atoms with Crippen molar-refractivity contribution in [1.82, 2.24) is 0 Å². The Labute approximate surface area is 103 Å². The quantitative estimate of drug-likeness (QED) is 0.924. The molecule has 1 fully saturated rings. The van der Waals surface area contributed by atoms with Crippen LogP contribution in [0.5, 0.6) is 0 Å². The van der Waals surface area contributed by atoms with Gasteiger partial charge in [0.1, 0.15) is 0 Å². The van der Waals surface area contributed by atoms with Crippen LogP contribution < -0.4 is 4.90 Å². The van der Waals surface area contributed by atoms with E-state index in [4.69, 9.17) is 5.11 Å². The highest BCUT2D eigenvalue weighted by atomic mass is 79.9. The van der Waals surface area contributed by atoms with E-state index in [2.05, 4.69) is 20.8 Å². The third-order valence-electron chi connectivity index (χ3n) is 3.00. The highest BCUT2D eigenvalue weighted by Crippen LogP contribution is 2.39. The average Bonchev–Trinajstić information content (AvgIpc) is 2.97. The van der Waals surface area contributed by atoms with Crippen LogP contribution in [0.3, 0.4) is 0 Å². The van der Waals surface area contributed by atoms with Crippen LogP contribution in [0.1, 0.15) is 6.42 Å². The summed E-state index contributed by atoms with van der Waals surface area (Å²) in [6.07, 6.45) is 0.813. The topological polar surface area (TPSA) is 40.5 Å². The number of carboxylic acids is 1. The molecule has 16 heavy (non-hydrogen) atoms. The highest BCUT2D eigenvalue weighted by Gasteiger charge is 2.43. The number of rotatable bonds is 4. The zero-order valence-corrected chi connectivity index (χ0v) is 10.6. The molecule has 1 aromatic rings. The molecule has 1 aromatic carbocycles. The molecule has 0 bridgehead atoms. The van der Waals surface area contributed by atoms with Gasteiger partial charge in [-0.05, 0) is 30.5 Å². The van der Waals surface area contributed by atoms with Crippen LogP contribution >= 0.6 is 15.9 Å². The van der Waals surface area contributed by atoms with Crippen LogP contribution in [-0.4, -0.2) is 24.7 Å². The summed E-state index contributed by atoms with van der Waals surface area (Å²) in [4.78, 5) is 12.8. The molecule has 0 aromatic heterocycles. The molecular formula is C12H14BrNO2. The standard InChI is InChI=1S/C12H14BrNO2/c1-14(7-8-5-11(8)12(15)16)10-4-2-3-9(13)6-10/h2-4,6,8,11H,5,7H2,1H3,(H,15,16). The van der Waals surface area contributed by atoms with E-state index in [0.717, 1.165) is 23.1 Å². The largest absolute Gasteiger partial charge is 0.481 e. The maximum atomic E-state index is 10.7. The Morgan fingerprint density at radius 2 is 2.38 bits per heavy atom. The Morgan fingerprint density at radius 1 is 1.62 bits per heavy atom. The molecule has 1 N–H and O–H groups in total. The normalized spacial score (nSPS) is 22.9. The summed E-state index contributed by atoms with van der Waals surface area (Å²) >= 11 is 3.43. The number of anilines is 1. The van der Waals surface area contributed by atoms with E-state index >= 15 is 0 Å². The van der Waals surface area contributed by atoms with Crippen molar-refractivity contribution < 1.29 is 9.90 Å². The van der Waals surface area contributed by atoms with E-state index in [9.17, 15) is 4.79 Å². The van der Waals surface area contributed by atoms with Crippen molar-refractivity contribution in [2.24, 2.45) is 11.8 Å². The first-order valence-electron chi connectivity index (χ1n) is 5.27. The van der Waals surface area contributed by atoms with Gasteiger partial charge in [0.05, 0.1) is 5.92 Å². The molecule has 2 unspecified atom stereocenters. The lowest BCUT2D eigenvalue weighted by molar-refractivity contribution is -0.138. The number of aliphatic carboxylic acids is 1. The minimum absolute atomic E-state index is 0.130. The SMILES string of the molecule is CN(CC1CC1C(=O)O)c1cccc(Br)c1. The fraction of sp³-hybridized carbons (Fsp3) is 0.417. The smallest absolute Gasteiger partial charge is 0.306 e. The monoisotopic (exact) mass is 283 g/mol. The highest BCUT2D eigenvalue weighted by molar-refractivity contribution is 9.10. The predicted octanol–water partition coefficient (Wildman–Crippen LogP) is 2.61. The van der Waals surface area contributed by atoms with Crippen molar-refractivity contribution in [2.45, 2.75) is 6.42 Å². The maximum Gasteiger partial charge on any atom is 0.306 e. The number of nitrogens with zero attached hydrogens (tertiary/aromatic N) is 1. The zero-order chi connectivity index (χ0) is 11.7. The lowest BCUT2D eigenvalue weighted by Crippen LogP contribution is -2.21. The van der Waals surface area contributed by atoms with Crippen LogP contribution in [0.25, 0.3) is 0 Å². The molecule has 0 radical (unpaired) electrons. The summed E-state index contributed by atoms with van der Waals surface area (Å²) < 4.78 is 1.04. The Balaban J connectivity index is 1.94. The van der Waals surface area contributed by atoms with Gasteiger partial charge in [0, 0.05) is 23.8 Å². The molecule has 1 aliphatic rings. The Hall–Kier alpha value is -1.03. The second-order valence-corrected chi connectivity index (χ2v) is 5.22. The molecular weight excluding hydrogens is 270 g/mol. The van der Waals surface area contributed by atoms with Crippen LogP contribution in [-0.2, 0) is 4.79 Å². The minimum atomic E-state index is -0.660. The van der Waals surface area contributed by atoms with Gasteiger partial charge < -0.3 is 10.0 Å². The fourth-order valence-corrected chi connectivity index (χ4v) is 2.31. The first kappa shape index (κ1) is 11.5. The molecule has 0 amide bonds. The molecule has 2 rings (SSSR count). The minimum Gasteiger partial charge on any atom is -0.481 e. The lowest BCUT2D eigenvalue weighted by atomic mass is 10.2. The van der Waals surface area contributed by atoms with E-state index in [1.54, 1.807) is 0 Å². The van der Waals surface area contributed by atoms with Gasteiger partial charge in [-0.25, -0.2) is 0 Å². The molecule has 0 saturated heterocycles. The Morgan fingerprint density at radius 3 is 2.94 bits per heavy atom. The van der Waals surface area contributed by atoms with Crippen LogP contribution in [0, 0.1) is 11.8 Å². The molecule has 1 saturated carbocycles. The molecule has 0 spiro atoms. The van der Waals surface area contributed by atoms with Crippen molar-refractivity contribution >= 4 is 27.6 Å².